The minimum absolute atomic E-state index is 0.260. The van der Waals surface area contributed by atoms with Crippen LogP contribution < -0.4 is 10.4 Å². The quantitative estimate of drug-likeness (QED) is 0.565. The van der Waals surface area contributed by atoms with E-state index >= 15 is 0 Å². The molecule has 1 aromatic heterocycles. The van der Waals surface area contributed by atoms with Gasteiger partial charge in [-0.1, -0.05) is 24.3 Å². The number of fused-ring (bicyclic) bond motifs is 3. The van der Waals surface area contributed by atoms with Crippen molar-refractivity contribution in [1.82, 2.24) is 4.90 Å². The van der Waals surface area contributed by atoms with Crippen molar-refractivity contribution in [1.29, 1.82) is 0 Å². The molecular formula is C24H25NO3. The van der Waals surface area contributed by atoms with Crippen LogP contribution in [0.2, 0.25) is 0 Å². The maximum atomic E-state index is 12.1. The number of nitrogens with zero attached hydrogens (tertiary/aromatic N) is 1. The van der Waals surface area contributed by atoms with Crippen molar-refractivity contribution in [3.05, 3.63) is 74.1 Å². The van der Waals surface area contributed by atoms with Crippen molar-refractivity contribution in [3.63, 3.8) is 0 Å². The summed E-state index contributed by atoms with van der Waals surface area (Å²) in [5.41, 5.74) is 7.09. The summed E-state index contributed by atoms with van der Waals surface area (Å²) in [6, 6.07) is 11.4. The van der Waals surface area contributed by atoms with Crippen molar-refractivity contribution in [3.8, 4) is 5.75 Å². The van der Waals surface area contributed by atoms with E-state index in [9.17, 15) is 4.79 Å². The maximum Gasteiger partial charge on any atom is 0.339 e. The summed E-state index contributed by atoms with van der Waals surface area (Å²) in [4.78, 5) is 14.6. The number of benzene rings is 2. The van der Waals surface area contributed by atoms with Crippen LogP contribution in [0.5, 0.6) is 5.75 Å². The lowest BCUT2D eigenvalue weighted by atomic mass is 9.86. The highest BCUT2D eigenvalue weighted by Crippen LogP contribution is 2.41. The van der Waals surface area contributed by atoms with E-state index in [2.05, 4.69) is 35.2 Å². The molecule has 0 unspecified atom stereocenters. The van der Waals surface area contributed by atoms with Crippen molar-refractivity contribution >= 4 is 11.0 Å². The molecule has 4 nitrogen and oxygen atoms in total. The average molecular weight is 375 g/mol. The van der Waals surface area contributed by atoms with Gasteiger partial charge < -0.3 is 9.15 Å². The molecule has 1 aliphatic heterocycles. The molecule has 2 aliphatic rings. The Labute approximate surface area is 164 Å². The second-order valence-electron chi connectivity index (χ2n) is 8.13. The molecule has 5 rings (SSSR count). The van der Waals surface area contributed by atoms with Gasteiger partial charge in [0.25, 0.3) is 0 Å². The first-order valence-corrected chi connectivity index (χ1v) is 10.1. The Bertz CT molecular complexity index is 1140. The van der Waals surface area contributed by atoms with Gasteiger partial charge in [-0.2, -0.15) is 0 Å². The zero-order valence-corrected chi connectivity index (χ0v) is 16.7. The van der Waals surface area contributed by atoms with Gasteiger partial charge in [0, 0.05) is 34.7 Å². The molecule has 0 bridgehead atoms. The van der Waals surface area contributed by atoms with Crippen molar-refractivity contribution < 1.29 is 9.15 Å². The molecule has 0 radical (unpaired) electrons. The number of rotatable bonds is 1. The summed E-state index contributed by atoms with van der Waals surface area (Å²) in [6.45, 7) is 7.23. The molecule has 0 saturated heterocycles. The zero-order valence-electron chi connectivity index (χ0n) is 16.7. The van der Waals surface area contributed by atoms with Crippen LogP contribution in [0.25, 0.3) is 11.0 Å². The minimum atomic E-state index is -0.260. The van der Waals surface area contributed by atoms with Gasteiger partial charge in [0.05, 0.1) is 0 Å². The van der Waals surface area contributed by atoms with E-state index in [0.29, 0.717) is 23.9 Å². The molecule has 4 heteroatoms. The van der Waals surface area contributed by atoms with E-state index in [-0.39, 0.29) is 5.63 Å². The Morgan fingerprint density at radius 2 is 1.86 bits per heavy atom. The fourth-order valence-corrected chi connectivity index (χ4v) is 4.82. The highest BCUT2D eigenvalue weighted by molar-refractivity contribution is 5.87. The van der Waals surface area contributed by atoms with Crippen molar-refractivity contribution in [2.45, 2.75) is 52.6 Å². The molecule has 0 saturated carbocycles. The number of hydrogen-bond donors (Lipinski definition) is 0. The monoisotopic (exact) mass is 375 g/mol. The molecule has 2 aromatic carbocycles. The molecule has 2 heterocycles. The Kier molecular flexibility index (Phi) is 4.06. The molecule has 144 valence electrons. The summed E-state index contributed by atoms with van der Waals surface area (Å²) >= 11 is 0. The fraction of sp³-hybridized carbons (Fsp3) is 0.375. The van der Waals surface area contributed by atoms with E-state index in [1.54, 1.807) is 0 Å². The predicted molar refractivity (Wildman–Crippen MR) is 110 cm³/mol. The third kappa shape index (κ3) is 2.59. The SMILES string of the molecule is Cc1c(C)c2cc3c(c(C)c2oc1=O)OCN([C@H]1CCCc2ccccc21)C3. The molecule has 0 fully saturated rings. The second-order valence-corrected chi connectivity index (χ2v) is 8.13. The van der Waals surface area contributed by atoms with Gasteiger partial charge >= 0.3 is 5.63 Å². The fourth-order valence-electron chi connectivity index (χ4n) is 4.82. The Hall–Kier alpha value is -2.59. The smallest absolute Gasteiger partial charge is 0.339 e. The average Bonchev–Trinajstić information content (AvgIpc) is 2.72. The van der Waals surface area contributed by atoms with Crippen LogP contribution in [-0.2, 0) is 13.0 Å². The number of ether oxygens (including phenoxy) is 1. The van der Waals surface area contributed by atoms with E-state index in [0.717, 1.165) is 35.2 Å². The lowest BCUT2D eigenvalue weighted by molar-refractivity contribution is 0.0475. The molecule has 3 aromatic rings. The van der Waals surface area contributed by atoms with E-state index in [1.807, 2.05) is 20.8 Å². The summed E-state index contributed by atoms with van der Waals surface area (Å²) in [5.74, 6) is 0.874. The van der Waals surface area contributed by atoms with Crippen LogP contribution in [0.3, 0.4) is 0 Å². The third-order valence-corrected chi connectivity index (χ3v) is 6.53. The summed E-state index contributed by atoms with van der Waals surface area (Å²) < 4.78 is 11.8. The summed E-state index contributed by atoms with van der Waals surface area (Å²) in [5, 5.41) is 1.02. The van der Waals surface area contributed by atoms with Crippen molar-refractivity contribution in [2.24, 2.45) is 0 Å². The van der Waals surface area contributed by atoms with E-state index < -0.39 is 0 Å². The standard InChI is InChI=1S/C24H25NO3/c1-14-15(2)24(26)28-23-16(3)22-18(11-20(14)23)12-25(13-27-22)21-10-6-8-17-7-4-5-9-19(17)21/h4-5,7,9,11,21H,6,8,10,12-13H2,1-3H3/t21-/m0/s1. The molecule has 0 spiro atoms. The highest BCUT2D eigenvalue weighted by Gasteiger charge is 2.30. The predicted octanol–water partition coefficient (Wildman–Crippen LogP) is 4.95. The molecule has 0 amide bonds. The van der Waals surface area contributed by atoms with Gasteiger partial charge in [-0.25, -0.2) is 4.79 Å². The van der Waals surface area contributed by atoms with Gasteiger partial charge in [0.2, 0.25) is 0 Å². The highest BCUT2D eigenvalue weighted by atomic mass is 16.5. The minimum Gasteiger partial charge on any atom is -0.477 e. The van der Waals surface area contributed by atoms with Gasteiger partial charge in [-0.15, -0.1) is 0 Å². The van der Waals surface area contributed by atoms with E-state index in [4.69, 9.17) is 9.15 Å². The lowest BCUT2D eigenvalue weighted by Gasteiger charge is -2.39. The lowest BCUT2D eigenvalue weighted by Crippen LogP contribution is -2.37. The van der Waals surface area contributed by atoms with E-state index in [1.165, 1.54) is 29.5 Å². The van der Waals surface area contributed by atoms with Gasteiger partial charge in [0.15, 0.2) is 0 Å². The van der Waals surface area contributed by atoms with Gasteiger partial charge in [0.1, 0.15) is 18.1 Å². The normalized spacial score (nSPS) is 19.2. The largest absolute Gasteiger partial charge is 0.477 e. The van der Waals surface area contributed by atoms with Crippen molar-refractivity contribution in [2.75, 3.05) is 6.73 Å². The topological polar surface area (TPSA) is 42.7 Å². The van der Waals surface area contributed by atoms with Gasteiger partial charge in [-0.05, 0) is 62.8 Å². The van der Waals surface area contributed by atoms with Crippen LogP contribution in [0, 0.1) is 20.8 Å². The number of aryl methyl sites for hydroxylation is 3. The third-order valence-electron chi connectivity index (χ3n) is 6.53. The van der Waals surface area contributed by atoms with Crippen LogP contribution >= 0.6 is 0 Å². The maximum absolute atomic E-state index is 12.1. The first-order valence-electron chi connectivity index (χ1n) is 10.1. The molecule has 0 N–H and O–H groups in total. The summed E-state index contributed by atoms with van der Waals surface area (Å²) in [7, 11) is 0. The molecule has 1 atom stereocenters. The second kappa shape index (κ2) is 6.49. The molecule has 1 aliphatic carbocycles. The Morgan fingerprint density at radius 3 is 2.71 bits per heavy atom. The Morgan fingerprint density at radius 1 is 1.04 bits per heavy atom. The van der Waals surface area contributed by atoms with Crippen LogP contribution in [0.15, 0.2) is 39.5 Å². The summed E-state index contributed by atoms with van der Waals surface area (Å²) in [6.07, 6.45) is 3.54. The molecular weight excluding hydrogens is 350 g/mol. The molecule has 28 heavy (non-hydrogen) atoms. The van der Waals surface area contributed by atoms with Crippen LogP contribution in [0.1, 0.15) is 52.3 Å². The van der Waals surface area contributed by atoms with Gasteiger partial charge in [-0.3, -0.25) is 4.90 Å². The zero-order chi connectivity index (χ0) is 19.4. The van der Waals surface area contributed by atoms with Crippen LogP contribution in [0.4, 0.5) is 0 Å². The number of hydrogen-bond acceptors (Lipinski definition) is 4. The first kappa shape index (κ1) is 17.5. The first-order chi connectivity index (χ1) is 13.5. The van der Waals surface area contributed by atoms with Crippen LogP contribution in [-0.4, -0.2) is 11.6 Å². The Balaban J connectivity index is 1.58.